The van der Waals surface area contributed by atoms with Gasteiger partial charge >= 0.3 is 12.1 Å². The molecule has 0 aromatic heterocycles. The molecule has 3 aromatic rings. The molecule has 0 heterocycles. The first-order valence-electron chi connectivity index (χ1n) is 9.61. The maximum atomic E-state index is 12.5. The second-order valence-corrected chi connectivity index (χ2v) is 8.42. The molecule has 1 amide bonds. The summed E-state index contributed by atoms with van der Waals surface area (Å²) in [5, 5.41) is 12.0. The number of carboxylic acid groups (broad SMARTS) is 1. The molecule has 1 atom stereocenters. The summed E-state index contributed by atoms with van der Waals surface area (Å²) in [6, 6.07) is 23.0. The lowest BCUT2D eigenvalue weighted by Gasteiger charge is -2.19. The highest BCUT2D eigenvalue weighted by Crippen LogP contribution is 2.44. The van der Waals surface area contributed by atoms with Crippen molar-refractivity contribution < 1.29 is 19.4 Å². The first-order chi connectivity index (χ1) is 14.5. The van der Waals surface area contributed by atoms with Gasteiger partial charge in [0.25, 0.3) is 0 Å². The van der Waals surface area contributed by atoms with Crippen LogP contribution in [0.4, 0.5) is 4.79 Å². The largest absolute Gasteiger partial charge is 0.481 e. The van der Waals surface area contributed by atoms with Gasteiger partial charge in [0.2, 0.25) is 0 Å². The molecular formula is C24H20INO4. The van der Waals surface area contributed by atoms with Gasteiger partial charge in [0.05, 0.1) is 12.5 Å². The molecular weight excluding hydrogens is 493 g/mol. The average Bonchev–Trinajstić information content (AvgIpc) is 3.05. The molecule has 0 radical (unpaired) electrons. The number of carboxylic acids is 1. The number of amides is 1. The number of ether oxygens (including phenoxy) is 1. The molecule has 1 aliphatic rings. The molecule has 0 spiro atoms. The topological polar surface area (TPSA) is 75.6 Å². The van der Waals surface area contributed by atoms with Crippen LogP contribution in [0.5, 0.6) is 0 Å². The van der Waals surface area contributed by atoms with Crippen LogP contribution < -0.4 is 5.32 Å². The van der Waals surface area contributed by atoms with Crippen LogP contribution in [0.15, 0.2) is 72.8 Å². The Hall–Kier alpha value is -2.87. The van der Waals surface area contributed by atoms with E-state index in [1.807, 2.05) is 42.5 Å². The molecule has 0 bridgehead atoms. The summed E-state index contributed by atoms with van der Waals surface area (Å²) in [6.07, 6.45) is -0.841. The van der Waals surface area contributed by atoms with Crippen LogP contribution in [0.1, 0.15) is 35.1 Å². The summed E-state index contributed by atoms with van der Waals surface area (Å²) < 4.78 is 6.53. The zero-order valence-electron chi connectivity index (χ0n) is 16.0. The Morgan fingerprint density at radius 1 is 0.967 bits per heavy atom. The van der Waals surface area contributed by atoms with Crippen LogP contribution >= 0.6 is 22.6 Å². The molecule has 0 saturated carbocycles. The van der Waals surface area contributed by atoms with E-state index in [-0.39, 0.29) is 18.9 Å². The van der Waals surface area contributed by atoms with Gasteiger partial charge < -0.3 is 15.2 Å². The lowest BCUT2D eigenvalue weighted by Crippen LogP contribution is -2.31. The van der Waals surface area contributed by atoms with Crippen molar-refractivity contribution in [1.29, 1.82) is 0 Å². The maximum absolute atomic E-state index is 12.5. The van der Waals surface area contributed by atoms with Gasteiger partial charge in [0.1, 0.15) is 6.61 Å². The zero-order valence-corrected chi connectivity index (χ0v) is 18.2. The second kappa shape index (κ2) is 8.87. The number of nitrogens with one attached hydrogen (secondary N) is 1. The lowest BCUT2D eigenvalue weighted by molar-refractivity contribution is -0.137. The number of hydrogen-bond acceptors (Lipinski definition) is 3. The van der Waals surface area contributed by atoms with Crippen molar-refractivity contribution in [2.75, 3.05) is 6.61 Å². The maximum Gasteiger partial charge on any atom is 0.407 e. The third-order valence-corrected chi connectivity index (χ3v) is 5.94. The van der Waals surface area contributed by atoms with Crippen LogP contribution in [0, 0.1) is 3.57 Å². The van der Waals surface area contributed by atoms with Gasteiger partial charge in [-0.3, -0.25) is 4.79 Å². The Kier molecular flexibility index (Phi) is 6.03. The summed E-state index contributed by atoms with van der Waals surface area (Å²) in [5.74, 6) is -1.03. The van der Waals surface area contributed by atoms with E-state index >= 15 is 0 Å². The van der Waals surface area contributed by atoms with Gasteiger partial charge in [-0.05, 0) is 62.5 Å². The van der Waals surface area contributed by atoms with E-state index in [0.717, 1.165) is 31.4 Å². The van der Waals surface area contributed by atoms with Gasteiger partial charge in [0, 0.05) is 9.49 Å². The molecule has 0 aliphatic heterocycles. The number of hydrogen-bond donors (Lipinski definition) is 2. The number of rotatable bonds is 6. The quantitative estimate of drug-likeness (QED) is 0.436. The fourth-order valence-electron chi connectivity index (χ4n) is 3.93. The van der Waals surface area contributed by atoms with Gasteiger partial charge in [-0.1, -0.05) is 60.7 Å². The minimum Gasteiger partial charge on any atom is -0.481 e. The highest BCUT2D eigenvalue weighted by Gasteiger charge is 2.29. The molecule has 0 fully saturated rings. The molecule has 2 N–H and O–H groups in total. The number of carbonyl (C=O) groups is 2. The molecule has 1 unspecified atom stereocenters. The monoisotopic (exact) mass is 513 g/mol. The fraction of sp³-hybridized carbons (Fsp3) is 0.167. The third-order valence-electron chi connectivity index (χ3n) is 5.27. The number of aliphatic carboxylic acids is 1. The number of halogens is 1. The van der Waals surface area contributed by atoms with Crippen LogP contribution in [0.2, 0.25) is 0 Å². The highest BCUT2D eigenvalue weighted by molar-refractivity contribution is 14.1. The van der Waals surface area contributed by atoms with E-state index in [1.54, 1.807) is 6.07 Å². The van der Waals surface area contributed by atoms with Crippen LogP contribution in [-0.4, -0.2) is 23.8 Å². The summed E-state index contributed by atoms with van der Waals surface area (Å²) in [5.41, 5.74) is 5.31. The van der Waals surface area contributed by atoms with Gasteiger partial charge in [-0.25, -0.2) is 4.79 Å². The standard InChI is InChI=1S/C24H20INO4/c25-16-7-5-6-15(12-16)22(13-23(27)28)26-24(29)30-14-21-19-10-3-1-8-17(19)18-9-2-4-11-20(18)21/h1-12,21-22H,13-14H2,(H,26,29)(H,27,28). The van der Waals surface area contributed by atoms with Crippen molar-refractivity contribution in [3.63, 3.8) is 0 Å². The van der Waals surface area contributed by atoms with Crippen molar-refractivity contribution in [3.8, 4) is 11.1 Å². The molecule has 1 aliphatic carbocycles. The molecule has 3 aromatic carbocycles. The molecule has 6 heteroatoms. The molecule has 0 saturated heterocycles. The Morgan fingerprint density at radius 2 is 1.60 bits per heavy atom. The van der Waals surface area contributed by atoms with E-state index in [0.29, 0.717) is 0 Å². The van der Waals surface area contributed by atoms with Crippen molar-refractivity contribution >= 4 is 34.7 Å². The minimum atomic E-state index is -0.988. The summed E-state index contributed by atoms with van der Waals surface area (Å²) in [7, 11) is 0. The van der Waals surface area contributed by atoms with Crippen molar-refractivity contribution in [2.45, 2.75) is 18.4 Å². The van der Waals surface area contributed by atoms with E-state index in [4.69, 9.17) is 4.74 Å². The number of benzene rings is 3. The normalized spacial score (nSPS) is 13.2. The number of fused-ring (bicyclic) bond motifs is 3. The summed E-state index contributed by atoms with van der Waals surface area (Å²) in [4.78, 5) is 23.8. The SMILES string of the molecule is O=C(O)CC(NC(=O)OCC1c2ccccc2-c2ccccc21)c1cccc(I)c1. The molecule has 4 rings (SSSR count). The Morgan fingerprint density at radius 3 is 2.20 bits per heavy atom. The predicted octanol–water partition coefficient (Wildman–Crippen LogP) is 5.35. The van der Waals surface area contributed by atoms with Crippen molar-refractivity contribution in [1.82, 2.24) is 5.32 Å². The molecule has 152 valence electrons. The summed E-state index contributed by atoms with van der Waals surface area (Å²) >= 11 is 2.16. The van der Waals surface area contributed by atoms with Crippen LogP contribution in [0.3, 0.4) is 0 Å². The van der Waals surface area contributed by atoms with Crippen molar-refractivity contribution in [2.24, 2.45) is 0 Å². The Balaban J connectivity index is 1.48. The minimum absolute atomic E-state index is 0.0428. The molecule has 5 nitrogen and oxygen atoms in total. The lowest BCUT2D eigenvalue weighted by atomic mass is 9.98. The van der Waals surface area contributed by atoms with Crippen LogP contribution in [0.25, 0.3) is 11.1 Å². The first-order valence-corrected chi connectivity index (χ1v) is 10.7. The van der Waals surface area contributed by atoms with Gasteiger partial charge in [-0.2, -0.15) is 0 Å². The van der Waals surface area contributed by atoms with Crippen LogP contribution in [-0.2, 0) is 9.53 Å². The highest BCUT2D eigenvalue weighted by atomic mass is 127. The smallest absolute Gasteiger partial charge is 0.407 e. The number of alkyl carbamates (subject to hydrolysis) is 1. The average molecular weight is 513 g/mol. The van der Waals surface area contributed by atoms with Gasteiger partial charge in [-0.15, -0.1) is 0 Å². The number of carbonyl (C=O) groups excluding carboxylic acids is 1. The zero-order chi connectivity index (χ0) is 21.1. The van der Waals surface area contributed by atoms with E-state index in [1.165, 1.54) is 0 Å². The van der Waals surface area contributed by atoms with E-state index in [2.05, 4.69) is 52.2 Å². The fourth-order valence-corrected chi connectivity index (χ4v) is 4.50. The third kappa shape index (κ3) is 4.33. The van der Waals surface area contributed by atoms with Gasteiger partial charge in [0.15, 0.2) is 0 Å². The van der Waals surface area contributed by atoms with Crippen molar-refractivity contribution in [3.05, 3.63) is 93.1 Å². The Bertz CT molecular complexity index is 1050. The molecule has 30 heavy (non-hydrogen) atoms. The predicted molar refractivity (Wildman–Crippen MR) is 122 cm³/mol. The van der Waals surface area contributed by atoms with E-state index in [9.17, 15) is 14.7 Å². The van der Waals surface area contributed by atoms with E-state index < -0.39 is 18.1 Å². The first kappa shape index (κ1) is 20.4. The Labute approximate surface area is 188 Å². The summed E-state index contributed by atoms with van der Waals surface area (Å²) in [6.45, 7) is 0.186. The second-order valence-electron chi connectivity index (χ2n) is 7.18.